The quantitative estimate of drug-likeness (QED) is 0.477. The number of carbonyl (C=O) groups excluding carboxylic acids is 1. The average molecular weight is 342 g/mol. The number of amides is 1. The Kier molecular flexibility index (Phi) is 5.74. The molecule has 0 aromatic heterocycles. The van der Waals surface area contributed by atoms with Crippen molar-refractivity contribution in [1.29, 1.82) is 0 Å². The zero-order valence-corrected chi connectivity index (χ0v) is 13.9. The van der Waals surface area contributed by atoms with Gasteiger partial charge in [-0.25, -0.2) is 5.43 Å². The molecule has 1 heterocycles. The van der Waals surface area contributed by atoms with Crippen molar-refractivity contribution in [3.63, 3.8) is 0 Å². The van der Waals surface area contributed by atoms with Crippen LogP contribution in [0.4, 0.5) is 0 Å². The maximum Gasteiger partial charge on any atom is 0.250 e. The minimum atomic E-state index is -0.106. The summed E-state index contributed by atoms with van der Waals surface area (Å²) in [4.78, 5) is 11.7. The average Bonchev–Trinajstić information content (AvgIpc) is 3.07. The predicted octanol–water partition coefficient (Wildman–Crippen LogP) is 2.84. The predicted molar refractivity (Wildman–Crippen MR) is 95.8 cm³/mol. The molecule has 2 aromatic carbocycles. The third-order valence-electron chi connectivity index (χ3n) is 3.41. The lowest BCUT2D eigenvalue weighted by molar-refractivity contribution is -0.118. The van der Waals surface area contributed by atoms with Crippen LogP contribution in [0.2, 0.25) is 0 Å². The number of thioether (sulfide) groups is 1. The Morgan fingerprint density at radius 2 is 2.00 bits per heavy atom. The van der Waals surface area contributed by atoms with E-state index in [-0.39, 0.29) is 12.7 Å². The van der Waals surface area contributed by atoms with Gasteiger partial charge < -0.3 is 9.47 Å². The first-order chi connectivity index (χ1) is 11.8. The SMILES string of the molecule is O=C(CSCCc1ccccc1)N/N=C\c1ccc2c(c1)OCO2. The summed E-state index contributed by atoms with van der Waals surface area (Å²) >= 11 is 1.60. The molecule has 0 atom stereocenters. The van der Waals surface area contributed by atoms with Crippen molar-refractivity contribution in [2.24, 2.45) is 5.10 Å². The first-order valence-electron chi connectivity index (χ1n) is 7.64. The fourth-order valence-electron chi connectivity index (χ4n) is 2.20. The van der Waals surface area contributed by atoms with Gasteiger partial charge in [0.25, 0.3) is 0 Å². The number of ether oxygens (including phenoxy) is 2. The van der Waals surface area contributed by atoms with E-state index >= 15 is 0 Å². The van der Waals surface area contributed by atoms with Crippen LogP contribution in [0.1, 0.15) is 11.1 Å². The van der Waals surface area contributed by atoms with Crippen LogP contribution >= 0.6 is 11.8 Å². The van der Waals surface area contributed by atoms with Gasteiger partial charge in [0.1, 0.15) is 0 Å². The molecule has 0 bridgehead atoms. The molecule has 5 nitrogen and oxygen atoms in total. The topological polar surface area (TPSA) is 59.9 Å². The Balaban J connectivity index is 1.36. The first kappa shape index (κ1) is 16.4. The molecule has 1 N–H and O–H groups in total. The second kappa shape index (κ2) is 8.40. The van der Waals surface area contributed by atoms with Crippen LogP contribution in [0.3, 0.4) is 0 Å². The Hall–Kier alpha value is -2.47. The first-order valence-corrected chi connectivity index (χ1v) is 8.80. The van der Waals surface area contributed by atoms with Crippen LogP contribution in [0.5, 0.6) is 11.5 Å². The number of nitrogens with one attached hydrogen (secondary N) is 1. The molecule has 0 saturated heterocycles. The molecule has 0 unspecified atom stereocenters. The van der Waals surface area contributed by atoms with Gasteiger partial charge in [-0.1, -0.05) is 30.3 Å². The largest absolute Gasteiger partial charge is 0.454 e. The standard InChI is InChI=1S/C18H18N2O3S/c21-18(12-24-9-8-14-4-2-1-3-5-14)20-19-11-15-6-7-16-17(10-15)23-13-22-16/h1-7,10-11H,8-9,12-13H2,(H,20,21)/b19-11-. The van der Waals surface area contributed by atoms with E-state index < -0.39 is 0 Å². The monoisotopic (exact) mass is 342 g/mol. The zero-order valence-electron chi connectivity index (χ0n) is 13.1. The Morgan fingerprint density at radius 1 is 1.17 bits per heavy atom. The summed E-state index contributed by atoms with van der Waals surface area (Å²) in [6, 6.07) is 15.7. The van der Waals surface area contributed by atoms with Crippen molar-refractivity contribution in [1.82, 2.24) is 5.43 Å². The third kappa shape index (κ3) is 4.76. The molecule has 2 aromatic rings. The normalized spacial score (nSPS) is 12.5. The minimum absolute atomic E-state index is 0.106. The van der Waals surface area contributed by atoms with Crippen LogP contribution in [-0.4, -0.2) is 30.4 Å². The Bertz CT molecular complexity index is 719. The van der Waals surface area contributed by atoms with Gasteiger partial charge in [-0.2, -0.15) is 16.9 Å². The molecular weight excluding hydrogens is 324 g/mol. The number of fused-ring (bicyclic) bond motifs is 1. The molecule has 24 heavy (non-hydrogen) atoms. The van der Waals surface area contributed by atoms with Gasteiger partial charge in [-0.05, 0) is 41.5 Å². The molecule has 6 heteroatoms. The van der Waals surface area contributed by atoms with E-state index in [2.05, 4.69) is 22.7 Å². The molecule has 124 valence electrons. The number of hydrogen-bond donors (Lipinski definition) is 1. The Labute approximate surface area is 145 Å². The number of aryl methyl sites for hydroxylation is 1. The number of hydrogen-bond acceptors (Lipinski definition) is 5. The van der Waals surface area contributed by atoms with Gasteiger partial charge in [0.15, 0.2) is 11.5 Å². The molecule has 0 spiro atoms. The fraction of sp³-hybridized carbons (Fsp3) is 0.222. The summed E-state index contributed by atoms with van der Waals surface area (Å²) in [6.45, 7) is 0.243. The second-order valence-corrected chi connectivity index (χ2v) is 6.30. The van der Waals surface area contributed by atoms with Crippen LogP contribution in [-0.2, 0) is 11.2 Å². The van der Waals surface area contributed by atoms with E-state index in [9.17, 15) is 4.79 Å². The van der Waals surface area contributed by atoms with Crippen LogP contribution in [0.25, 0.3) is 0 Å². The fourth-order valence-corrected chi connectivity index (χ4v) is 2.98. The van der Waals surface area contributed by atoms with Crippen molar-refractivity contribution < 1.29 is 14.3 Å². The number of benzene rings is 2. The highest BCUT2D eigenvalue weighted by molar-refractivity contribution is 7.99. The minimum Gasteiger partial charge on any atom is -0.454 e. The molecule has 1 amide bonds. The van der Waals surface area contributed by atoms with Crippen molar-refractivity contribution in [2.75, 3.05) is 18.3 Å². The van der Waals surface area contributed by atoms with Crippen molar-refractivity contribution in [2.45, 2.75) is 6.42 Å². The summed E-state index contributed by atoms with van der Waals surface area (Å²) in [7, 11) is 0. The number of carbonyl (C=O) groups is 1. The molecule has 1 aliphatic heterocycles. The van der Waals surface area contributed by atoms with Crippen molar-refractivity contribution >= 4 is 23.9 Å². The van der Waals surface area contributed by atoms with Gasteiger partial charge in [0, 0.05) is 0 Å². The van der Waals surface area contributed by atoms with Crippen LogP contribution < -0.4 is 14.9 Å². The van der Waals surface area contributed by atoms with Gasteiger partial charge in [0.2, 0.25) is 12.7 Å². The third-order valence-corrected chi connectivity index (χ3v) is 4.37. The number of hydrazone groups is 1. The second-order valence-electron chi connectivity index (χ2n) is 5.19. The molecule has 0 fully saturated rings. The summed E-state index contributed by atoms with van der Waals surface area (Å²) in [5, 5.41) is 3.97. The Morgan fingerprint density at radius 3 is 2.88 bits per heavy atom. The molecule has 3 rings (SSSR count). The van der Waals surface area contributed by atoms with Crippen LogP contribution in [0, 0.1) is 0 Å². The molecular formula is C18H18N2O3S. The highest BCUT2D eigenvalue weighted by atomic mass is 32.2. The number of rotatable bonds is 7. The van der Waals surface area contributed by atoms with E-state index in [1.165, 1.54) is 5.56 Å². The lowest BCUT2D eigenvalue weighted by atomic mass is 10.2. The summed E-state index contributed by atoms with van der Waals surface area (Å²) < 4.78 is 10.5. The van der Waals surface area contributed by atoms with Gasteiger partial charge in [-0.3, -0.25) is 4.79 Å². The van der Waals surface area contributed by atoms with Crippen LogP contribution in [0.15, 0.2) is 53.6 Å². The smallest absolute Gasteiger partial charge is 0.250 e. The molecule has 0 radical (unpaired) electrons. The van der Waals surface area contributed by atoms with Crippen molar-refractivity contribution in [3.8, 4) is 11.5 Å². The summed E-state index contributed by atoms with van der Waals surface area (Å²) in [5.41, 5.74) is 4.66. The molecule has 0 saturated carbocycles. The highest BCUT2D eigenvalue weighted by Gasteiger charge is 2.12. The summed E-state index contributed by atoms with van der Waals surface area (Å²) in [5.74, 6) is 2.62. The van der Waals surface area contributed by atoms with Crippen molar-refractivity contribution in [3.05, 3.63) is 59.7 Å². The molecule has 1 aliphatic rings. The lowest BCUT2D eigenvalue weighted by Gasteiger charge is -2.02. The number of nitrogens with zero attached hydrogens (tertiary/aromatic N) is 1. The van der Waals surface area contributed by atoms with Gasteiger partial charge >= 0.3 is 0 Å². The maximum atomic E-state index is 11.7. The van der Waals surface area contributed by atoms with E-state index in [1.807, 2.05) is 36.4 Å². The lowest BCUT2D eigenvalue weighted by Crippen LogP contribution is -2.20. The van der Waals surface area contributed by atoms with E-state index in [1.54, 1.807) is 18.0 Å². The van der Waals surface area contributed by atoms with E-state index in [0.717, 1.165) is 23.5 Å². The van der Waals surface area contributed by atoms with E-state index in [4.69, 9.17) is 9.47 Å². The summed E-state index contributed by atoms with van der Waals surface area (Å²) in [6.07, 6.45) is 2.55. The highest BCUT2D eigenvalue weighted by Crippen LogP contribution is 2.31. The maximum absolute atomic E-state index is 11.7. The van der Waals surface area contributed by atoms with Gasteiger partial charge in [0.05, 0.1) is 12.0 Å². The molecule has 0 aliphatic carbocycles. The zero-order chi connectivity index (χ0) is 16.6. The van der Waals surface area contributed by atoms with E-state index in [0.29, 0.717) is 11.5 Å². The van der Waals surface area contributed by atoms with Gasteiger partial charge in [-0.15, -0.1) is 0 Å².